The Morgan fingerprint density at radius 3 is 2.64 bits per heavy atom. The molecule has 1 aromatic carbocycles. The van der Waals surface area contributed by atoms with Crippen LogP contribution in [0.15, 0.2) is 48.7 Å². The number of imidazole rings is 1. The molecule has 2 aliphatic rings. The highest BCUT2D eigenvalue weighted by Gasteiger charge is 2.49. The van der Waals surface area contributed by atoms with Crippen molar-refractivity contribution in [2.75, 3.05) is 12.3 Å². The van der Waals surface area contributed by atoms with Gasteiger partial charge in [-0.25, -0.2) is 4.98 Å². The summed E-state index contributed by atoms with van der Waals surface area (Å²) in [5, 5.41) is 0. The van der Waals surface area contributed by atoms with Gasteiger partial charge in [-0.15, -0.1) is 0 Å². The van der Waals surface area contributed by atoms with Gasteiger partial charge in [-0.3, -0.25) is 4.90 Å². The van der Waals surface area contributed by atoms with Crippen molar-refractivity contribution in [1.29, 1.82) is 0 Å². The van der Waals surface area contributed by atoms with E-state index in [1.807, 2.05) is 18.3 Å². The number of aromatic nitrogens is 2. The van der Waals surface area contributed by atoms with Crippen molar-refractivity contribution < 1.29 is 0 Å². The summed E-state index contributed by atoms with van der Waals surface area (Å²) < 4.78 is 2.20. The Bertz CT molecular complexity index is 1020. The van der Waals surface area contributed by atoms with Gasteiger partial charge in [0, 0.05) is 36.6 Å². The van der Waals surface area contributed by atoms with Crippen molar-refractivity contribution in [2.24, 2.45) is 10.8 Å². The zero-order valence-corrected chi connectivity index (χ0v) is 17.2. The van der Waals surface area contributed by atoms with E-state index in [1.165, 1.54) is 37.1 Å². The molecule has 0 amide bonds. The number of rotatable bonds is 3. The second-order valence-corrected chi connectivity index (χ2v) is 10.1. The zero-order valence-electron chi connectivity index (χ0n) is 17.2. The monoisotopic (exact) mass is 374 g/mol. The first-order valence-electron chi connectivity index (χ1n) is 10.4. The largest absolute Gasteiger partial charge is 0.398 e. The number of likely N-dealkylation sites (tertiary alicyclic amines) is 1. The van der Waals surface area contributed by atoms with Crippen molar-refractivity contribution >= 4 is 11.3 Å². The molecule has 4 heteroatoms. The maximum atomic E-state index is 6.13. The first-order chi connectivity index (χ1) is 13.3. The Labute approximate surface area is 167 Å². The Morgan fingerprint density at radius 1 is 1.07 bits per heavy atom. The lowest BCUT2D eigenvalue weighted by Crippen LogP contribution is -2.34. The van der Waals surface area contributed by atoms with E-state index in [0.29, 0.717) is 16.9 Å². The van der Waals surface area contributed by atoms with Crippen LogP contribution < -0.4 is 5.73 Å². The van der Waals surface area contributed by atoms with Crippen LogP contribution in [0.5, 0.6) is 0 Å². The van der Waals surface area contributed by atoms with Gasteiger partial charge in [0.25, 0.3) is 0 Å². The lowest BCUT2D eigenvalue weighted by Gasteiger charge is -2.40. The highest BCUT2D eigenvalue weighted by Crippen LogP contribution is 2.52. The van der Waals surface area contributed by atoms with E-state index < -0.39 is 0 Å². The van der Waals surface area contributed by atoms with Gasteiger partial charge in [0.05, 0.1) is 11.4 Å². The van der Waals surface area contributed by atoms with Gasteiger partial charge in [-0.2, -0.15) is 0 Å². The normalized spacial score (nSPS) is 26.8. The number of nitrogen functional groups attached to an aromatic ring is 1. The number of anilines is 1. The summed E-state index contributed by atoms with van der Waals surface area (Å²) in [6.07, 6.45) is 5.94. The molecule has 3 aromatic rings. The van der Waals surface area contributed by atoms with Crippen LogP contribution in [0.2, 0.25) is 0 Å². The van der Waals surface area contributed by atoms with Gasteiger partial charge in [-0.1, -0.05) is 51.1 Å². The molecule has 4 nitrogen and oxygen atoms in total. The first kappa shape index (κ1) is 17.7. The SMILES string of the molecule is CC1(C)CC2CC(C)(CN2Cc2c(-c3ccccc3)nc3ccc(N)cn23)C1. The highest BCUT2D eigenvalue weighted by atomic mass is 15.2. The lowest BCUT2D eigenvalue weighted by molar-refractivity contribution is 0.126. The van der Waals surface area contributed by atoms with Crippen LogP contribution in [-0.4, -0.2) is 26.9 Å². The number of nitrogens with two attached hydrogens (primary N) is 1. The Balaban J connectivity index is 1.58. The third-order valence-corrected chi connectivity index (χ3v) is 6.66. The van der Waals surface area contributed by atoms with Crippen molar-refractivity contribution in [3.05, 3.63) is 54.4 Å². The minimum absolute atomic E-state index is 0.429. The van der Waals surface area contributed by atoms with Crippen LogP contribution in [0.1, 0.15) is 45.7 Å². The van der Waals surface area contributed by atoms with E-state index in [2.05, 4.69) is 60.4 Å². The molecule has 1 saturated carbocycles. The maximum absolute atomic E-state index is 6.13. The Hall–Kier alpha value is -2.33. The molecule has 2 fully saturated rings. The summed E-state index contributed by atoms with van der Waals surface area (Å²) in [4.78, 5) is 7.68. The molecule has 2 N–H and O–H groups in total. The molecule has 5 rings (SSSR count). The molecule has 2 aromatic heterocycles. The van der Waals surface area contributed by atoms with E-state index in [1.54, 1.807) is 0 Å². The Kier molecular flexibility index (Phi) is 3.86. The highest BCUT2D eigenvalue weighted by molar-refractivity contribution is 5.67. The fourth-order valence-electron chi connectivity index (χ4n) is 6.04. The lowest BCUT2D eigenvalue weighted by atomic mass is 9.65. The summed E-state index contributed by atoms with van der Waals surface area (Å²) in [5.41, 5.74) is 12.2. The van der Waals surface area contributed by atoms with Crippen LogP contribution in [0.3, 0.4) is 0 Å². The van der Waals surface area contributed by atoms with E-state index >= 15 is 0 Å². The van der Waals surface area contributed by atoms with Gasteiger partial charge in [0.1, 0.15) is 5.65 Å². The van der Waals surface area contributed by atoms with Gasteiger partial charge in [0.2, 0.25) is 0 Å². The Morgan fingerprint density at radius 2 is 1.86 bits per heavy atom. The fourth-order valence-corrected chi connectivity index (χ4v) is 6.04. The molecule has 0 spiro atoms. The van der Waals surface area contributed by atoms with E-state index in [0.717, 1.165) is 23.6 Å². The average Bonchev–Trinajstić information content (AvgIpc) is 3.09. The molecular weight excluding hydrogens is 344 g/mol. The molecule has 2 atom stereocenters. The molecule has 2 unspecified atom stereocenters. The predicted octanol–water partition coefficient (Wildman–Crippen LogP) is 4.98. The van der Waals surface area contributed by atoms with E-state index in [-0.39, 0.29) is 0 Å². The third-order valence-electron chi connectivity index (χ3n) is 6.66. The summed E-state index contributed by atoms with van der Waals surface area (Å²) in [6.45, 7) is 9.44. The number of pyridine rings is 1. The summed E-state index contributed by atoms with van der Waals surface area (Å²) in [7, 11) is 0. The second-order valence-electron chi connectivity index (χ2n) is 10.1. The summed E-state index contributed by atoms with van der Waals surface area (Å²) >= 11 is 0. The quantitative estimate of drug-likeness (QED) is 0.703. The van der Waals surface area contributed by atoms with Gasteiger partial charge in [-0.05, 0) is 42.2 Å². The zero-order chi connectivity index (χ0) is 19.5. The molecule has 3 heterocycles. The van der Waals surface area contributed by atoms with Crippen molar-refractivity contribution in [3.63, 3.8) is 0 Å². The molecule has 1 saturated heterocycles. The number of hydrogen-bond acceptors (Lipinski definition) is 3. The molecule has 28 heavy (non-hydrogen) atoms. The molecule has 2 bridgehead atoms. The predicted molar refractivity (Wildman–Crippen MR) is 115 cm³/mol. The van der Waals surface area contributed by atoms with Crippen molar-refractivity contribution in [2.45, 2.75) is 52.6 Å². The second kappa shape index (κ2) is 6.08. The topological polar surface area (TPSA) is 46.6 Å². The summed E-state index contributed by atoms with van der Waals surface area (Å²) in [5.74, 6) is 0. The molecular formula is C24H30N4. The van der Waals surface area contributed by atoms with Crippen LogP contribution in [0.4, 0.5) is 5.69 Å². The van der Waals surface area contributed by atoms with Gasteiger partial charge >= 0.3 is 0 Å². The van der Waals surface area contributed by atoms with Gasteiger partial charge < -0.3 is 10.1 Å². The number of hydrogen-bond donors (Lipinski definition) is 1. The minimum atomic E-state index is 0.429. The smallest absolute Gasteiger partial charge is 0.137 e. The number of fused-ring (bicyclic) bond motifs is 3. The summed E-state index contributed by atoms with van der Waals surface area (Å²) in [6, 6.07) is 15.2. The molecule has 146 valence electrons. The van der Waals surface area contributed by atoms with E-state index in [9.17, 15) is 0 Å². The van der Waals surface area contributed by atoms with Gasteiger partial charge in [0.15, 0.2) is 0 Å². The molecule has 1 aliphatic carbocycles. The molecule has 1 aliphatic heterocycles. The standard InChI is InChI=1S/C24H30N4/c1-23(2)11-19-12-24(3,15-23)16-27(19)14-20-22(17-7-5-4-6-8-17)26-21-10-9-18(25)13-28(20)21/h4-10,13,19H,11-12,14-16,25H2,1-3H3. The van der Waals surface area contributed by atoms with Crippen LogP contribution >= 0.6 is 0 Å². The number of benzene rings is 1. The third kappa shape index (κ3) is 3.00. The maximum Gasteiger partial charge on any atom is 0.137 e. The van der Waals surface area contributed by atoms with Crippen molar-refractivity contribution in [1.82, 2.24) is 14.3 Å². The average molecular weight is 375 g/mol. The minimum Gasteiger partial charge on any atom is -0.398 e. The van der Waals surface area contributed by atoms with Crippen LogP contribution in [-0.2, 0) is 6.54 Å². The van der Waals surface area contributed by atoms with E-state index in [4.69, 9.17) is 10.7 Å². The fraction of sp³-hybridized carbons (Fsp3) is 0.458. The first-order valence-corrected chi connectivity index (χ1v) is 10.4. The van der Waals surface area contributed by atoms with Crippen molar-refractivity contribution in [3.8, 4) is 11.3 Å². The number of nitrogens with zero attached hydrogens (tertiary/aromatic N) is 3. The van der Waals surface area contributed by atoms with Crippen LogP contribution in [0, 0.1) is 10.8 Å². The van der Waals surface area contributed by atoms with Crippen LogP contribution in [0.25, 0.3) is 16.9 Å². The molecule has 0 radical (unpaired) electrons.